The topological polar surface area (TPSA) is 63.8 Å². The van der Waals surface area contributed by atoms with Crippen LogP contribution < -0.4 is 11.1 Å². The van der Waals surface area contributed by atoms with Crippen molar-refractivity contribution < 1.29 is 0 Å². The van der Waals surface area contributed by atoms with Crippen molar-refractivity contribution in [2.75, 3.05) is 5.32 Å². The molecule has 2 aromatic carbocycles. The average Bonchev–Trinajstić information content (AvgIpc) is 2.57. The standard InChI is InChI=1S/C17H16N4/c18-12-13-6-8-15(9-7-13)20-17-19-11-10-16(21-17)14-4-2-1-3-5-14/h1-11H,12,18H2,(H,19,20,21). The first kappa shape index (κ1) is 13.3. The molecule has 0 saturated carbocycles. The zero-order valence-electron chi connectivity index (χ0n) is 11.5. The number of benzene rings is 2. The first-order valence-corrected chi connectivity index (χ1v) is 6.79. The van der Waals surface area contributed by atoms with E-state index in [1.807, 2.05) is 60.7 Å². The van der Waals surface area contributed by atoms with E-state index < -0.39 is 0 Å². The molecule has 0 atom stereocenters. The van der Waals surface area contributed by atoms with Crippen molar-refractivity contribution in [3.8, 4) is 11.3 Å². The highest BCUT2D eigenvalue weighted by Crippen LogP contribution is 2.19. The molecule has 1 heterocycles. The summed E-state index contributed by atoms with van der Waals surface area (Å²) in [6.45, 7) is 0.542. The number of hydrogen-bond donors (Lipinski definition) is 2. The van der Waals surface area contributed by atoms with E-state index in [1.165, 1.54) is 0 Å². The third-order valence-electron chi connectivity index (χ3n) is 3.17. The van der Waals surface area contributed by atoms with Crippen molar-refractivity contribution in [2.24, 2.45) is 5.73 Å². The van der Waals surface area contributed by atoms with Crippen LogP contribution in [-0.2, 0) is 6.54 Å². The van der Waals surface area contributed by atoms with E-state index in [0.717, 1.165) is 22.5 Å². The molecular formula is C17H16N4. The van der Waals surface area contributed by atoms with Gasteiger partial charge in [-0.05, 0) is 23.8 Å². The molecule has 0 fully saturated rings. The number of hydrogen-bond acceptors (Lipinski definition) is 4. The molecule has 0 aliphatic rings. The molecule has 0 unspecified atom stereocenters. The van der Waals surface area contributed by atoms with Gasteiger partial charge in [0.05, 0.1) is 5.69 Å². The Hall–Kier alpha value is -2.72. The highest BCUT2D eigenvalue weighted by Gasteiger charge is 2.02. The third-order valence-corrected chi connectivity index (χ3v) is 3.17. The van der Waals surface area contributed by atoms with Crippen molar-refractivity contribution in [3.05, 3.63) is 72.4 Å². The van der Waals surface area contributed by atoms with Gasteiger partial charge in [0.1, 0.15) is 0 Å². The lowest BCUT2D eigenvalue weighted by Gasteiger charge is -2.07. The number of anilines is 2. The summed E-state index contributed by atoms with van der Waals surface area (Å²) < 4.78 is 0. The summed E-state index contributed by atoms with van der Waals surface area (Å²) in [4.78, 5) is 8.79. The Morgan fingerprint density at radius 1 is 0.905 bits per heavy atom. The van der Waals surface area contributed by atoms with E-state index in [2.05, 4.69) is 15.3 Å². The number of nitrogens with two attached hydrogens (primary N) is 1. The van der Waals surface area contributed by atoms with Crippen molar-refractivity contribution in [1.29, 1.82) is 0 Å². The first-order valence-electron chi connectivity index (χ1n) is 6.79. The predicted octanol–water partition coefficient (Wildman–Crippen LogP) is 3.35. The zero-order chi connectivity index (χ0) is 14.5. The van der Waals surface area contributed by atoms with Gasteiger partial charge in [-0.2, -0.15) is 0 Å². The van der Waals surface area contributed by atoms with Crippen LogP contribution in [0.2, 0.25) is 0 Å². The molecule has 3 N–H and O–H groups in total. The highest BCUT2D eigenvalue weighted by atomic mass is 15.1. The molecule has 0 amide bonds. The van der Waals surface area contributed by atoms with Gasteiger partial charge in [-0.3, -0.25) is 0 Å². The van der Waals surface area contributed by atoms with Crippen LogP contribution in [0, 0.1) is 0 Å². The van der Waals surface area contributed by atoms with Crippen LogP contribution >= 0.6 is 0 Å². The summed E-state index contributed by atoms with van der Waals surface area (Å²) in [5, 5.41) is 3.20. The minimum absolute atomic E-state index is 0.542. The SMILES string of the molecule is NCc1ccc(Nc2nccc(-c3ccccc3)n2)cc1. The second-order valence-electron chi connectivity index (χ2n) is 4.66. The van der Waals surface area contributed by atoms with Gasteiger partial charge in [0.2, 0.25) is 5.95 Å². The normalized spacial score (nSPS) is 10.3. The fourth-order valence-corrected chi connectivity index (χ4v) is 2.04. The molecule has 3 aromatic rings. The van der Waals surface area contributed by atoms with Gasteiger partial charge in [0.25, 0.3) is 0 Å². The molecule has 104 valence electrons. The Morgan fingerprint density at radius 3 is 2.38 bits per heavy atom. The van der Waals surface area contributed by atoms with Crippen molar-refractivity contribution >= 4 is 11.6 Å². The zero-order valence-corrected chi connectivity index (χ0v) is 11.5. The molecule has 4 nitrogen and oxygen atoms in total. The third kappa shape index (κ3) is 3.24. The summed E-state index contributed by atoms with van der Waals surface area (Å²) >= 11 is 0. The summed E-state index contributed by atoms with van der Waals surface area (Å²) in [5.74, 6) is 0.580. The Morgan fingerprint density at radius 2 is 1.67 bits per heavy atom. The molecule has 0 aliphatic carbocycles. The van der Waals surface area contributed by atoms with Crippen molar-refractivity contribution in [3.63, 3.8) is 0 Å². The Kier molecular flexibility index (Phi) is 3.89. The molecule has 0 spiro atoms. The van der Waals surface area contributed by atoms with Crippen LogP contribution in [0.5, 0.6) is 0 Å². The Balaban J connectivity index is 1.83. The number of nitrogens with zero attached hydrogens (tertiary/aromatic N) is 2. The number of nitrogens with one attached hydrogen (secondary N) is 1. The van der Waals surface area contributed by atoms with E-state index in [0.29, 0.717) is 12.5 Å². The lowest BCUT2D eigenvalue weighted by atomic mass is 10.1. The number of rotatable bonds is 4. The van der Waals surface area contributed by atoms with Gasteiger partial charge < -0.3 is 11.1 Å². The van der Waals surface area contributed by atoms with Crippen LogP contribution in [0.3, 0.4) is 0 Å². The largest absolute Gasteiger partial charge is 0.326 e. The molecule has 3 rings (SSSR count). The molecule has 0 radical (unpaired) electrons. The molecule has 0 aliphatic heterocycles. The van der Waals surface area contributed by atoms with Crippen molar-refractivity contribution in [2.45, 2.75) is 6.54 Å². The predicted molar refractivity (Wildman–Crippen MR) is 85.1 cm³/mol. The van der Waals surface area contributed by atoms with Crippen LogP contribution in [-0.4, -0.2) is 9.97 Å². The monoisotopic (exact) mass is 276 g/mol. The van der Waals surface area contributed by atoms with Crippen LogP contribution in [0.4, 0.5) is 11.6 Å². The van der Waals surface area contributed by atoms with E-state index >= 15 is 0 Å². The molecule has 0 bridgehead atoms. The van der Waals surface area contributed by atoms with Crippen molar-refractivity contribution in [1.82, 2.24) is 9.97 Å². The average molecular weight is 276 g/mol. The molecule has 21 heavy (non-hydrogen) atoms. The highest BCUT2D eigenvalue weighted by molar-refractivity contribution is 5.61. The lowest BCUT2D eigenvalue weighted by molar-refractivity contribution is 1.07. The maximum atomic E-state index is 5.59. The minimum Gasteiger partial charge on any atom is -0.326 e. The first-order chi connectivity index (χ1) is 10.3. The van der Waals surface area contributed by atoms with Crippen LogP contribution in [0.1, 0.15) is 5.56 Å². The summed E-state index contributed by atoms with van der Waals surface area (Å²) in [7, 11) is 0. The minimum atomic E-state index is 0.542. The molecule has 1 aromatic heterocycles. The smallest absolute Gasteiger partial charge is 0.227 e. The van der Waals surface area contributed by atoms with Gasteiger partial charge in [0, 0.05) is 24.0 Å². The Labute approximate surface area is 123 Å². The van der Waals surface area contributed by atoms with Gasteiger partial charge in [-0.1, -0.05) is 42.5 Å². The van der Waals surface area contributed by atoms with E-state index in [1.54, 1.807) is 6.20 Å². The van der Waals surface area contributed by atoms with Gasteiger partial charge in [-0.15, -0.1) is 0 Å². The fraction of sp³-hybridized carbons (Fsp3) is 0.0588. The molecular weight excluding hydrogens is 260 g/mol. The second-order valence-corrected chi connectivity index (χ2v) is 4.66. The summed E-state index contributed by atoms with van der Waals surface area (Å²) in [5.41, 5.74) is 9.60. The van der Waals surface area contributed by atoms with Gasteiger partial charge in [0.15, 0.2) is 0 Å². The van der Waals surface area contributed by atoms with E-state index in [4.69, 9.17) is 5.73 Å². The fourth-order valence-electron chi connectivity index (χ4n) is 2.04. The van der Waals surface area contributed by atoms with E-state index in [-0.39, 0.29) is 0 Å². The second kappa shape index (κ2) is 6.15. The summed E-state index contributed by atoms with van der Waals surface area (Å²) in [6.07, 6.45) is 1.76. The van der Waals surface area contributed by atoms with Crippen LogP contribution in [0.15, 0.2) is 66.9 Å². The van der Waals surface area contributed by atoms with E-state index in [9.17, 15) is 0 Å². The molecule has 0 saturated heterocycles. The quantitative estimate of drug-likeness (QED) is 0.767. The maximum Gasteiger partial charge on any atom is 0.227 e. The summed E-state index contributed by atoms with van der Waals surface area (Å²) in [6, 6.07) is 19.9. The van der Waals surface area contributed by atoms with Gasteiger partial charge >= 0.3 is 0 Å². The molecule has 4 heteroatoms. The maximum absolute atomic E-state index is 5.59. The Bertz CT molecular complexity index is 708. The number of aromatic nitrogens is 2. The lowest BCUT2D eigenvalue weighted by Crippen LogP contribution is -1.99. The van der Waals surface area contributed by atoms with Gasteiger partial charge in [-0.25, -0.2) is 9.97 Å². The van der Waals surface area contributed by atoms with Crippen LogP contribution in [0.25, 0.3) is 11.3 Å².